The predicted molar refractivity (Wildman–Crippen MR) is 83.9 cm³/mol. The number of rotatable bonds is 11. The van der Waals surface area contributed by atoms with Gasteiger partial charge in [-0.15, -0.1) is 0 Å². The average Bonchev–Trinajstić information content (AvgIpc) is 2.30. The number of hydrogen-bond donors (Lipinski definition) is 1. The first-order valence-corrected chi connectivity index (χ1v) is 8.24. The van der Waals surface area contributed by atoms with Crippen molar-refractivity contribution in [3.63, 3.8) is 0 Å². The van der Waals surface area contributed by atoms with Crippen LogP contribution < -0.4 is 5.73 Å². The second kappa shape index (κ2) is 10.8. The van der Waals surface area contributed by atoms with Crippen LogP contribution >= 0.6 is 0 Å². The molecule has 0 aromatic carbocycles. The maximum absolute atomic E-state index is 6.16. The molecule has 0 saturated heterocycles. The summed E-state index contributed by atoms with van der Waals surface area (Å²) in [6.07, 6.45) is 15.3. The summed E-state index contributed by atoms with van der Waals surface area (Å²) in [5.74, 6) is 0. The fourth-order valence-electron chi connectivity index (χ4n) is 2.28. The Morgan fingerprint density at radius 2 is 1.11 bits per heavy atom. The van der Waals surface area contributed by atoms with Crippen molar-refractivity contribution in [2.24, 2.45) is 11.1 Å². The molecule has 0 amide bonds. The second-order valence-electron chi connectivity index (χ2n) is 6.94. The van der Waals surface area contributed by atoms with Crippen LogP contribution in [-0.4, -0.2) is 6.04 Å². The van der Waals surface area contributed by atoms with Gasteiger partial charge in [0.25, 0.3) is 0 Å². The first kappa shape index (κ1) is 18.0. The maximum atomic E-state index is 6.16. The Balaban J connectivity index is 3.17. The summed E-state index contributed by atoms with van der Waals surface area (Å²) in [5, 5.41) is 0. The topological polar surface area (TPSA) is 26.0 Å². The Bertz CT molecular complexity index is 169. The van der Waals surface area contributed by atoms with Crippen LogP contribution in [0.25, 0.3) is 0 Å². The zero-order valence-electron chi connectivity index (χ0n) is 13.4. The summed E-state index contributed by atoms with van der Waals surface area (Å²) >= 11 is 0. The van der Waals surface area contributed by atoms with E-state index in [1.807, 2.05) is 0 Å². The fraction of sp³-hybridized carbons (Fsp3) is 1.00. The van der Waals surface area contributed by atoms with Crippen molar-refractivity contribution >= 4 is 0 Å². The summed E-state index contributed by atoms with van der Waals surface area (Å²) in [7, 11) is 0. The fourth-order valence-corrected chi connectivity index (χ4v) is 2.28. The van der Waals surface area contributed by atoms with Gasteiger partial charge in [0.15, 0.2) is 0 Å². The Morgan fingerprint density at radius 3 is 1.50 bits per heavy atom. The van der Waals surface area contributed by atoms with E-state index in [-0.39, 0.29) is 5.41 Å². The zero-order valence-corrected chi connectivity index (χ0v) is 13.4. The lowest BCUT2D eigenvalue weighted by Gasteiger charge is -2.26. The molecule has 2 N–H and O–H groups in total. The molecule has 18 heavy (non-hydrogen) atoms. The van der Waals surface area contributed by atoms with E-state index < -0.39 is 0 Å². The van der Waals surface area contributed by atoms with Crippen LogP contribution in [0, 0.1) is 5.41 Å². The first-order chi connectivity index (χ1) is 8.48. The van der Waals surface area contributed by atoms with Gasteiger partial charge in [-0.25, -0.2) is 0 Å². The highest BCUT2D eigenvalue weighted by Gasteiger charge is 2.19. The molecule has 0 heterocycles. The Hall–Kier alpha value is -0.0400. The average molecular weight is 255 g/mol. The van der Waals surface area contributed by atoms with E-state index in [4.69, 9.17) is 5.73 Å². The van der Waals surface area contributed by atoms with Crippen molar-refractivity contribution in [2.45, 2.75) is 104 Å². The normalized spacial score (nSPS) is 13.8. The highest BCUT2D eigenvalue weighted by atomic mass is 14.7. The van der Waals surface area contributed by atoms with Gasteiger partial charge >= 0.3 is 0 Å². The molecule has 0 bridgehead atoms. The third-order valence-corrected chi connectivity index (χ3v) is 3.98. The van der Waals surface area contributed by atoms with Gasteiger partial charge in [0, 0.05) is 6.04 Å². The van der Waals surface area contributed by atoms with Crippen LogP contribution in [0.2, 0.25) is 0 Å². The van der Waals surface area contributed by atoms with Crippen LogP contribution in [0.3, 0.4) is 0 Å². The monoisotopic (exact) mass is 255 g/mol. The molecule has 0 aliphatic rings. The minimum Gasteiger partial charge on any atom is -0.327 e. The highest BCUT2D eigenvalue weighted by Crippen LogP contribution is 2.22. The molecular formula is C17H37N. The van der Waals surface area contributed by atoms with Crippen molar-refractivity contribution in [2.75, 3.05) is 0 Å². The summed E-state index contributed by atoms with van der Waals surface area (Å²) in [6, 6.07) is 0.367. The van der Waals surface area contributed by atoms with Crippen molar-refractivity contribution in [1.82, 2.24) is 0 Å². The number of nitrogens with two attached hydrogens (primary N) is 1. The van der Waals surface area contributed by atoms with Crippen molar-refractivity contribution < 1.29 is 0 Å². The number of hydrogen-bond acceptors (Lipinski definition) is 1. The van der Waals surface area contributed by atoms with E-state index in [0.717, 1.165) is 0 Å². The van der Waals surface area contributed by atoms with Gasteiger partial charge in [0.05, 0.1) is 0 Å². The first-order valence-electron chi connectivity index (χ1n) is 8.24. The zero-order chi connectivity index (χ0) is 13.9. The predicted octanol–water partition coefficient (Wildman–Crippen LogP) is 5.67. The molecule has 0 aromatic rings. The Morgan fingerprint density at radius 1 is 0.722 bits per heavy atom. The van der Waals surface area contributed by atoms with Gasteiger partial charge in [-0.05, 0) is 11.8 Å². The summed E-state index contributed by atoms with van der Waals surface area (Å²) in [5.41, 5.74) is 6.44. The largest absolute Gasteiger partial charge is 0.327 e. The molecule has 0 fully saturated rings. The Kier molecular flexibility index (Phi) is 10.8. The van der Waals surface area contributed by atoms with E-state index in [9.17, 15) is 0 Å². The van der Waals surface area contributed by atoms with Gasteiger partial charge in [-0.3, -0.25) is 0 Å². The van der Waals surface area contributed by atoms with Crippen molar-refractivity contribution in [3.05, 3.63) is 0 Å². The molecule has 0 radical (unpaired) electrons. The minimum atomic E-state index is 0.277. The van der Waals surface area contributed by atoms with Crippen molar-refractivity contribution in [3.8, 4) is 0 Å². The van der Waals surface area contributed by atoms with Crippen LogP contribution in [0.1, 0.15) is 98.3 Å². The van der Waals surface area contributed by atoms with Crippen molar-refractivity contribution in [1.29, 1.82) is 0 Å². The lowest BCUT2D eigenvalue weighted by atomic mass is 9.84. The van der Waals surface area contributed by atoms with Gasteiger partial charge in [0.2, 0.25) is 0 Å². The van der Waals surface area contributed by atoms with Crippen LogP contribution in [0.4, 0.5) is 0 Å². The Labute approximate surface area is 116 Å². The summed E-state index contributed by atoms with van der Waals surface area (Å²) in [6.45, 7) is 9.01. The van der Waals surface area contributed by atoms with Gasteiger partial charge < -0.3 is 5.73 Å². The lowest BCUT2D eigenvalue weighted by molar-refractivity contribution is 0.298. The van der Waals surface area contributed by atoms with Crippen LogP contribution in [0.5, 0.6) is 0 Å². The molecule has 0 saturated carbocycles. The van der Waals surface area contributed by atoms with E-state index in [0.29, 0.717) is 6.04 Å². The molecule has 1 atom stereocenters. The van der Waals surface area contributed by atoms with E-state index in [1.54, 1.807) is 0 Å². The standard InChI is InChI=1S/C17H37N/c1-5-6-7-8-9-10-11-12-13-14-15-16(18)17(2,3)4/h16H,5-15,18H2,1-4H3/t16-/m0/s1. The molecule has 1 nitrogen and oxygen atoms in total. The molecule has 0 spiro atoms. The quantitative estimate of drug-likeness (QED) is 0.473. The molecule has 0 aromatic heterocycles. The molecule has 110 valence electrons. The van der Waals surface area contributed by atoms with E-state index >= 15 is 0 Å². The molecular weight excluding hydrogens is 218 g/mol. The SMILES string of the molecule is CCCCCCCCCCCC[C@H](N)C(C)(C)C. The summed E-state index contributed by atoms with van der Waals surface area (Å²) < 4.78 is 0. The second-order valence-corrected chi connectivity index (χ2v) is 6.94. The van der Waals surface area contributed by atoms with Gasteiger partial charge in [-0.1, -0.05) is 91.9 Å². The summed E-state index contributed by atoms with van der Waals surface area (Å²) in [4.78, 5) is 0. The molecule has 0 aliphatic carbocycles. The van der Waals surface area contributed by atoms with E-state index in [2.05, 4.69) is 27.7 Å². The third-order valence-electron chi connectivity index (χ3n) is 3.98. The molecule has 0 rings (SSSR count). The van der Waals surface area contributed by atoms with E-state index in [1.165, 1.54) is 70.6 Å². The van der Waals surface area contributed by atoms with Crippen LogP contribution in [0.15, 0.2) is 0 Å². The third kappa shape index (κ3) is 11.1. The van der Waals surface area contributed by atoms with Gasteiger partial charge in [0.1, 0.15) is 0 Å². The minimum absolute atomic E-state index is 0.277. The highest BCUT2D eigenvalue weighted by molar-refractivity contribution is 4.76. The molecule has 0 unspecified atom stereocenters. The molecule has 1 heteroatoms. The van der Waals surface area contributed by atoms with Crippen LogP contribution in [-0.2, 0) is 0 Å². The smallest absolute Gasteiger partial charge is 0.00876 e. The molecule has 0 aliphatic heterocycles. The lowest BCUT2D eigenvalue weighted by Crippen LogP contribution is -2.34. The number of unbranched alkanes of at least 4 members (excludes halogenated alkanes) is 9. The maximum Gasteiger partial charge on any atom is 0.00876 e. The van der Waals surface area contributed by atoms with Gasteiger partial charge in [-0.2, -0.15) is 0 Å².